The van der Waals surface area contributed by atoms with Gasteiger partial charge in [-0.3, -0.25) is 9.78 Å². The lowest BCUT2D eigenvalue weighted by molar-refractivity contribution is -0.145. The second-order valence-corrected chi connectivity index (χ2v) is 3.04. The summed E-state index contributed by atoms with van der Waals surface area (Å²) in [6.07, 6.45) is 1.42. The first-order valence-electron chi connectivity index (χ1n) is 4.45. The number of carbonyl (C=O) groups is 1. The SMILES string of the molecule is CC(=O)OC(C)c1ccc(CN)nc1.Cl.Cl. The topological polar surface area (TPSA) is 65.2 Å². The number of nitrogens with zero attached hydrogens (tertiary/aromatic N) is 1. The van der Waals surface area contributed by atoms with Gasteiger partial charge in [0.2, 0.25) is 0 Å². The van der Waals surface area contributed by atoms with Crippen molar-refractivity contribution >= 4 is 30.8 Å². The molecule has 92 valence electrons. The average Bonchev–Trinajstić information content (AvgIpc) is 2.17. The van der Waals surface area contributed by atoms with Gasteiger partial charge in [-0.25, -0.2) is 0 Å². The molecular formula is C10H16Cl2N2O2. The maximum Gasteiger partial charge on any atom is 0.303 e. The van der Waals surface area contributed by atoms with Crippen molar-refractivity contribution in [1.29, 1.82) is 0 Å². The van der Waals surface area contributed by atoms with Crippen LogP contribution in [0.25, 0.3) is 0 Å². The maximum absolute atomic E-state index is 10.7. The molecule has 0 aromatic carbocycles. The first-order valence-corrected chi connectivity index (χ1v) is 4.45. The lowest BCUT2D eigenvalue weighted by atomic mass is 10.2. The molecule has 1 heterocycles. The lowest BCUT2D eigenvalue weighted by Gasteiger charge is -2.11. The lowest BCUT2D eigenvalue weighted by Crippen LogP contribution is -2.06. The summed E-state index contributed by atoms with van der Waals surface area (Å²) in [6.45, 7) is 3.61. The molecular weight excluding hydrogens is 251 g/mol. The Hall–Kier alpha value is -0.840. The minimum atomic E-state index is -0.291. The summed E-state index contributed by atoms with van der Waals surface area (Å²) in [5, 5.41) is 0. The van der Waals surface area contributed by atoms with E-state index in [1.54, 1.807) is 13.1 Å². The summed E-state index contributed by atoms with van der Waals surface area (Å²) in [7, 11) is 0. The van der Waals surface area contributed by atoms with Gasteiger partial charge in [0.05, 0.1) is 5.69 Å². The van der Waals surface area contributed by atoms with Gasteiger partial charge in [0.1, 0.15) is 6.10 Å². The molecule has 6 heteroatoms. The number of ether oxygens (including phenoxy) is 1. The fourth-order valence-electron chi connectivity index (χ4n) is 1.11. The molecule has 0 radical (unpaired) electrons. The van der Waals surface area contributed by atoms with E-state index in [0.29, 0.717) is 6.54 Å². The second-order valence-electron chi connectivity index (χ2n) is 3.04. The highest BCUT2D eigenvalue weighted by molar-refractivity contribution is 5.85. The van der Waals surface area contributed by atoms with Crippen LogP contribution in [0, 0.1) is 0 Å². The quantitative estimate of drug-likeness (QED) is 0.851. The van der Waals surface area contributed by atoms with Crippen molar-refractivity contribution in [2.24, 2.45) is 5.73 Å². The molecule has 1 rings (SSSR count). The van der Waals surface area contributed by atoms with Gasteiger partial charge >= 0.3 is 5.97 Å². The minimum Gasteiger partial charge on any atom is -0.458 e. The molecule has 0 fully saturated rings. The Morgan fingerprint density at radius 1 is 1.50 bits per heavy atom. The van der Waals surface area contributed by atoms with E-state index in [9.17, 15) is 4.79 Å². The number of hydrogen-bond acceptors (Lipinski definition) is 4. The highest BCUT2D eigenvalue weighted by Gasteiger charge is 2.08. The summed E-state index contributed by atoms with van der Waals surface area (Å²) in [5.41, 5.74) is 7.10. The molecule has 1 unspecified atom stereocenters. The van der Waals surface area contributed by atoms with Gasteiger partial charge in [0.15, 0.2) is 0 Å². The fraction of sp³-hybridized carbons (Fsp3) is 0.400. The van der Waals surface area contributed by atoms with Crippen LogP contribution in [-0.4, -0.2) is 11.0 Å². The second kappa shape index (κ2) is 8.33. The van der Waals surface area contributed by atoms with Crippen molar-refractivity contribution < 1.29 is 9.53 Å². The van der Waals surface area contributed by atoms with Crippen molar-refractivity contribution in [2.75, 3.05) is 0 Å². The first-order chi connectivity index (χ1) is 6.63. The first kappa shape index (κ1) is 17.6. The molecule has 1 atom stereocenters. The number of nitrogens with two attached hydrogens (primary N) is 1. The monoisotopic (exact) mass is 266 g/mol. The van der Waals surface area contributed by atoms with Crippen molar-refractivity contribution in [3.63, 3.8) is 0 Å². The highest BCUT2D eigenvalue weighted by atomic mass is 35.5. The van der Waals surface area contributed by atoms with Crippen molar-refractivity contribution in [2.45, 2.75) is 26.5 Å². The third-order valence-corrected chi connectivity index (χ3v) is 1.87. The molecule has 16 heavy (non-hydrogen) atoms. The summed E-state index contributed by atoms with van der Waals surface area (Å²) in [6, 6.07) is 3.69. The molecule has 0 spiro atoms. The minimum absolute atomic E-state index is 0. The molecule has 1 aromatic rings. The van der Waals surface area contributed by atoms with E-state index in [2.05, 4.69) is 4.98 Å². The van der Waals surface area contributed by atoms with E-state index in [1.165, 1.54) is 6.92 Å². The van der Waals surface area contributed by atoms with Crippen LogP contribution in [-0.2, 0) is 16.1 Å². The molecule has 0 aliphatic carbocycles. The summed E-state index contributed by atoms with van der Waals surface area (Å²) >= 11 is 0. The van der Waals surface area contributed by atoms with Crippen LogP contribution in [0.3, 0.4) is 0 Å². The van der Waals surface area contributed by atoms with Gasteiger partial charge in [-0.1, -0.05) is 6.07 Å². The van der Waals surface area contributed by atoms with Crippen LogP contribution >= 0.6 is 24.8 Å². The third-order valence-electron chi connectivity index (χ3n) is 1.87. The van der Waals surface area contributed by atoms with Gasteiger partial charge in [-0.2, -0.15) is 0 Å². The molecule has 0 saturated carbocycles. The molecule has 0 saturated heterocycles. The molecule has 2 N–H and O–H groups in total. The highest BCUT2D eigenvalue weighted by Crippen LogP contribution is 2.15. The van der Waals surface area contributed by atoms with E-state index in [-0.39, 0.29) is 36.9 Å². The number of carbonyl (C=O) groups excluding carboxylic acids is 1. The number of halogens is 2. The maximum atomic E-state index is 10.7. The normalized spacial score (nSPS) is 10.7. The van der Waals surface area contributed by atoms with Gasteiger partial charge < -0.3 is 10.5 Å². The van der Waals surface area contributed by atoms with Crippen molar-refractivity contribution in [1.82, 2.24) is 4.98 Å². The van der Waals surface area contributed by atoms with Gasteiger partial charge in [0.25, 0.3) is 0 Å². The Morgan fingerprint density at radius 2 is 2.12 bits per heavy atom. The predicted octanol–water partition coefficient (Wildman–Crippen LogP) is 2.01. The van der Waals surface area contributed by atoms with Gasteiger partial charge in [0, 0.05) is 25.2 Å². The van der Waals surface area contributed by atoms with Crippen molar-refractivity contribution in [3.05, 3.63) is 29.6 Å². The average molecular weight is 267 g/mol. The Labute approximate surface area is 107 Å². The molecule has 0 aliphatic rings. The largest absolute Gasteiger partial charge is 0.458 e. The molecule has 0 aliphatic heterocycles. The zero-order valence-electron chi connectivity index (χ0n) is 9.17. The van der Waals surface area contributed by atoms with Crippen LogP contribution < -0.4 is 5.73 Å². The van der Waals surface area contributed by atoms with E-state index in [1.807, 2.05) is 12.1 Å². The number of aromatic nitrogens is 1. The van der Waals surface area contributed by atoms with Crippen LogP contribution in [0.4, 0.5) is 0 Å². The van der Waals surface area contributed by atoms with Crippen LogP contribution in [0.5, 0.6) is 0 Å². The van der Waals surface area contributed by atoms with Crippen LogP contribution in [0.2, 0.25) is 0 Å². The predicted molar refractivity (Wildman–Crippen MR) is 66.8 cm³/mol. The Bertz CT molecular complexity index is 317. The van der Waals surface area contributed by atoms with Crippen LogP contribution in [0.1, 0.15) is 31.2 Å². The van der Waals surface area contributed by atoms with Gasteiger partial charge in [-0.15, -0.1) is 24.8 Å². The number of pyridine rings is 1. The van der Waals surface area contributed by atoms with E-state index >= 15 is 0 Å². The smallest absolute Gasteiger partial charge is 0.303 e. The standard InChI is InChI=1S/C10H14N2O2.2ClH/c1-7(14-8(2)13)9-3-4-10(5-11)12-6-9;;/h3-4,6-7H,5,11H2,1-2H3;2*1H. The van der Waals surface area contributed by atoms with E-state index in [4.69, 9.17) is 10.5 Å². The summed E-state index contributed by atoms with van der Waals surface area (Å²) < 4.78 is 5.00. The Kier molecular flexibility index (Phi) is 9.14. The summed E-state index contributed by atoms with van der Waals surface area (Å²) in [4.78, 5) is 14.8. The Morgan fingerprint density at radius 3 is 2.50 bits per heavy atom. The molecule has 0 bridgehead atoms. The van der Waals surface area contributed by atoms with Crippen LogP contribution in [0.15, 0.2) is 18.3 Å². The summed E-state index contributed by atoms with van der Waals surface area (Å²) in [5.74, 6) is -0.291. The fourth-order valence-corrected chi connectivity index (χ4v) is 1.11. The zero-order chi connectivity index (χ0) is 10.6. The van der Waals surface area contributed by atoms with E-state index < -0.39 is 0 Å². The third kappa shape index (κ3) is 5.30. The number of hydrogen-bond donors (Lipinski definition) is 1. The van der Waals surface area contributed by atoms with Crippen molar-refractivity contribution in [3.8, 4) is 0 Å². The van der Waals surface area contributed by atoms with Gasteiger partial charge in [-0.05, 0) is 13.0 Å². The van der Waals surface area contributed by atoms with E-state index in [0.717, 1.165) is 11.3 Å². The molecule has 4 nitrogen and oxygen atoms in total. The number of esters is 1. The molecule has 1 aromatic heterocycles. The zero-order valence-corrected chi connectivity index (χ0v) is 10.8. The molecule has 0 amide bonds. The Balaban J connectivity index is 0. The number of rotatable bonds is 3.